The SMILES string of the molecule is CCOc1cc([O])c2c(OCC)cccc2c1. The van der Waals surface area contributed by atoms with Gasteiger partial charge in [-0.15, -0.1) is 0 Å². The Kier molecular flexibility index (Phi) is 3.38. The van der Waals surface area contributed by atoms with E-state index in [1.807, 2.05) is 38.1 Å². The standard InChI is InChI=1S/C14H15O3/c1-3-16-11-8-10-6-5-7-13(17-4-2)14(10)12(15)9-11/h5-9H,3-4H2,1-2H3. The molecule has 1 radical (unpaired) electrons. The smallest absolute Gasteiger partial charge is 0.193 e. The van der Waals surface area contributed by atoms with Gasteiger partial charge in [0.1, 0.15) is 11.5 Å². The molecule has 17 heavy (non-hydrogen) atoms. The van der Waals surface area contributed by atoms with E-state index in [4.69, 9.17) is 9.47 Å². The second-order valence-electron chi connectivity index (χ2n) is 3.64. The molecule has 3 nitrogen and oxygen atoms in total. The fraction of sp³-hybridized carbons (Fsp3) is 0.286. The van der Waals surface area contributed by atoms with Crippen molar-refractivity contribution in [1.29, 1.82) is 0 Å². The van der Waals surface area contributed by atoms with Crippen molar-refractivity contribution in [1.82, 2.24) is 0 Å². The first-order chi connectivity index (χ1) is 8.26. The lowest BCUT2D eigenvalue weighted by Crippen LogP contribution is -1.94. The van der Waals surface area contributed by atoms with Gasteiger partial charge in [-0.2, -0.15) is 0 Å². The van der Waals surface area contributed by atoms with E-state index in [-0.39, 0.29) is 5.75 Å². The van der Waals surface area contributed by atoms with Crippen LogP contribution in [0.25, 0.3) is 10.8 Å². The van der Waals surface area contributed by atoms with Gasteiger partial charge in [0.05, 0.1) is 18.6 Å². The van der Waals surface area contributed by atoms with Gasteiger partial charge in [0.25, 0.3) is 0 Å². The Morgan fingerprint density at radius 1 is 1.06 bits per heavy atom. The quantitative estimate of drug-likeness (QED) is 0.803. The molecular weight excluding hydrogens is 216 g/mol. The highest BCUT2D eigenvalue weighted by Gasteiger charge is 2.10. The van der Waals surface area contributed by atoms with Crippen molar-refractivity contribution >= 4 is 10.8 Å². The largest absolute Gasteiger partial charge is 0.494 e. The highest BCUT2D eigenvalue weighted by molar-refractivity contribution is 5.94. The minimum absolute atomic E-state index is 0.0602. The molecule has 0 N–H and O–H groups in total. The van der Waals surface area contributed by atoms with Gasteiger partial charge in [0.2, 0.25) is 0 Å². The molecule has 0 unspecified atom stereocenters. The maximum absolute atomic E-state index is 12.0. The predicted octanol–water partition coefficient (Wildman–Crippen LogP) is 3.78. The van der Waals surface area contributed by atoms with Crippen LogP contribution in [0.5, 0.6) is 17.2 Å². The summed E-state index contributed by atoms with van der Waals surface area (Å²) in [7, 11) is 0. The molecule has 0 aliphatic heterocycles. The maximum Gasteiger partial charge on any atom is 0.193 e. The third-order valence-corrected chi connectivity index (χ3v) is 2.49. The predicted molar refractivity (Wildman–Crippen MR) is 66.4 cm³/mol. The zero-order valence-electron chi connectivity index (χ0n) is 10.0. The first-order valence-corrected chi connectivity index (χ1v) is 5.75. The van der Waals surface area contributed by atoms with Crippen molar-refractivity contribution in [3.05, 3.63) is 30.3 Å². The summed E-state index contributed by atoms with van der Waals surface area (Å²) in [4.78, 5) is 0. The van der Waals surface area contributed by atoms with E-state index in [0.717, 1.165) is 5.39 Å². The number of rotatable bonds is 4. The monoisotopic (exact) mass is 231 g/mol. The molecule has 2 aromatic rings. The van der Waals surface area contributed by atoms with E-state index in [9.17, 15) is 5.11 Å². The summed E-state index contributed by atoms with van der Waals surface area (Å²) >= 11 is 0. The molecule has 0 amide bonds. The molecule has 2 aromatic carbocycles. The van der Waals surface area contributed by atoms with Crippen LogP contribution in [-0.2, 0) is 5.11 Å². The summed E-state index contributed by atoms with van der Waals surface area (Å²) in [6.07, 6.45) is 0. The molecule has 0 atom stereocenters. The molecule has 3 heteroatoms. The van der Waals surface area contributed by atoms with E-state index in [0.29, 0.717) is 30.1 Å². The normalized spacial score (nSPS) is 10.5. The van der Waals surface area contributed by atoms with Crippen LogP contribution in [0.15, 0.2) is 30.3 Å². The van der Waals surface area contributed by atoms with E-state index >= 15 is 0 Å². The minimum Gasteiger partial charge on any atom is -0.494 e. The first-order valence-electron chi connectivity index (χ1n) is 5.75. The number of hydrogen-bond donors (Lipinski definition) is 0. The second-order valence-corrected chi connectivity index (χ2v) is 3.64. The Balaban J connectivity index is 2.58. The summed E-state index contributed by atoms with van der Waals surface area (Å²) in [5.74, 6) is 1.19. The van der Waals surface area contributed by atoms with Crippen LogP contribution in [-0.4, -0.2) is 13.2 Å². The molecule has 0 aromatic heterocycles. The summed E-state index contributed by atoms with van der Waals surface area (Å²) in [6, 6.07) is 8.95. The fourth-order valence-corrected chi connectivity index (χ4v) is 1.85. The van der Waals surface area contributed by atoms with Crippen LogP contribution >= 0.6 is 0 Å². The topological polar surface area (TPSA) is 38.4 Å². The Labute approximate surface area is 101 Å². The molecule has 0 saturated heterocycles. The Morgan fingerprint density at radius 2 is 1.82 bits per heavy atom. The molecular formula is C14H15O3. The molecule has 0 heterocycles. The lowest BCUT2D eigenvalue weighted by Gasteiger charge is -2.10. The van der Waals surface area contributed by atoms with Crippen LogP contribution in [0.1, 0.15) is 13.8 Å². The molecule has 89 valence electrons. The van der Waals surface area contributed by atoms with Gasteiger partial charge in [-0.3, -0.25) is 5.11 Å². The van der Waals surface area contributed by atoms with Crippen LogP contribution in [0.3, 0.4) is 0 Å². The van der Waals surface area contributed by atoms with E-state index in [2.05, 4.69) is 0 Å². The minimum atomic E-state index is -0.0602. The van der Waals surface area contributed by atoms with Crippen molar-refractivity contribution in [3.8, 4) is 17.2 Å². The molecule has 0 aliphatic carbocycles. The van der Waals surface area contributed by atoms with Crippen molar-refractivity contribution in [2.75, 3.05) is 13.2 Å². The van der Waals surface area contributed by atoms with Crippen LogP contribution in [0, 0.1) is 0 Å². The summed E-state index contributed by atoms with van der Waals surface area (Å²) in [5.41, 5.74) is 0. The summed E-state index contributed by atoms with van der Waals surface area (Å²) < 4.78 is 10.8. The Hall–Kier alpha value is -1.90. The average Bonchev–Trinajstić information content (AvgIpc) is 2.29. The average molecular weight is 231 g/mol. The van der Waals surface area contributed by atoms with Gasteiger partial charge in [0.15, 0.2) is 5.75 Å². The lowest BCUT2D eigenvalue weighted by molar-refractivity contribution is 0.325. The molecule has 2 rings (SSSR count). The molecule has 0 saturated carbocycles. The van der Waals surface area contributed by atoms with Crippen LogP contribution in [0.2, 0.25) is 0 Å². The zero-order chi connectivity index (χ0) is 12.3. The van der Waals surface area contributed by atoms with Gasteiger partial charge < -0.3 is 9.47 Å². The van der Waals surface area contributed by atoms with Crippen LogP contribution in [0.4, 0.5) is 0 Å². The first kappa shape index (κ1) is 11.6. The fourth-order valence-electron chi connectivity index (χ4n) is 1.85. The molecule has 0 spiro atoms. The number of benzene rings is 2. The highest BCUT2D eigenvalue weighted by Crippen LogP contribution is 2.37. The second kappa shape index (κ2) is 4.95. The van der Waals surface area contributed by atoms with Gasteiger partial charge in [0, 0.05) is 6.07 Å². The third-order valence-electron chi connectivity index (χ3n) is 2.49. The van der Waals surface area contributed by atoms with Crippen LogP contribution < -0.4 is 9.47 Å². The molecule has 0 aliphatic rings. The van der Waals surface area contributed by atoms with Gasteiger partial charge in [-0.1, -0.05) is 12.1 Å². The Bertz CT molecular complexity index is 520. The summed E-state index contributed by atoms with van der Waals surface area (Å²) in [5, 5.41) is 13.5. The highest BCUT2D eigenvalue weighted by atomic mass is 16.5. The number of ether oxygens (including phenoxy) is 2. The van der Waals surface area contributed by atoms with Crippen molar-refractivity contribution in [2.45, 2.75) is 13.8 Å². The Morgan fingerprint density at radius 3 is 2.53 bits per heavy atom. The number of hydrogen-bond acceptors (Lipinski definition) is 2. The number of fused-ring (bicyclic) bond motifs is 1. The summed E-state index contributed by atoms with van der Waals surface area (Å²) in [6.45, 7) is 4.89. The van der Waals surface area contributed by atoms with Gasteiger partial charge in [-0.05, 0) is 31.4 Å². The van der Waals surface area contributed by atoms with Crippen molar-refractivity contribution in [3.63, 3.8) is 0 Å². The zero-order valence-corrected chi connectivity index (χ0v) is 10.0. The van der Waals surface area contributed by atoms with Gasteiger partial charge >= 0.3 is 0 Å². The van der Waals surface area contributed by atoms with E-state index in [1.54, 1.807) is 0 Å². The van der Waals surface area contributed by atoms with Gasteiger partial charge in [-0.25, -0.2) is 0 Å². The van der Waals surface area contributed by atoms with Crippen molar-refractivity contribution < 1.29 is 14.6 Å². The van der Waals surface area contributed by atoms with Crippen molar-refractivity contribution in [2.24, 2.45) is 0 Å². The van der Waals surface area contributed by atoms with E-state index < -0.39 is 0 Å². The maximum atomic E-state index is 12.0. The molecule has 0 fully saturated rings. The lowest BCUT2D eigenvalue weighted by atomic mass is 10.1. The molecule has 0 bridgehead atoms. The van der Waals surface area contributed by atoms with E-state index in [1.165, 1.54) is 6.07 Å². The third kappa shape index (κ3) is 2.28.